The lowest BCUT2D eigenvalue weighted by molar-refractivity contribution is 0.617. The second-order valence-corrected chi connectivity index (χ2v) is 5.48. The van der Waals surface area contributed by atoms with Gasteiger partial charge < -0.3 is 10.2 Å². The molecule has 1 unspecified atom stereocenters. The van der Waals surface area contributed by atoms with Crippen LogP contribution in [-0.2, 0) is 0 Å². The zero-order valence-electron chi connectivity index (χ0n) is 12.2. The molecule has 1 aromatic carbocycles. The first-order valence-electron chi connectivity index (χ1n) is 7.46. The van der Waals surface area contributed by atoms with Crippen molar-refractivity contribution in [1.82, 2.24) is 4.98 Å². The molecule has 110 valence electrons. The van der Waals surface area contributed by atoms with Gasteiger partial charge in [-0.25, -0.2) is 4.39 Å². The highest BCUT2D eigenvalue weighted by molar-refractivity contribution is 5.70. The van der Waals surface area contributed by atoms with Gasteiger partial charge in [0.15, 0.2) is 0 Å². The number of hydrogen-bond donors (Lipinski definition) is 1. The summed E-state index contributed by atoms with van der Waals surface area (Å²) in [6, 6.07) is 11.6. The first-order valence-corrected chi connectivity index (χ1v) is 7.46. The maximum absolute atomic E-state index is 13.0. The molecular weight excluding hydrogens is 265 g/mol. The average molecular weight is 285 g/mol. The van der Waals surface area contributed by atoms with Crippen molar-refractivity contribution in [3.05, 3.63) is 54.1 Å². The summed E-state index contributed by atoms with van der Waals surface area (Å²) in [7, 11) is 0. The maximum atomic E-state index is 13.0. The molecule has 0 spiro atoms. The molecule has 0 amide bonds. The van der Waals surface area contributed by atoms with Gasteiger partial charge in [0.25, 0.3) is 0 Å². The Kier molecular flexibility index (Phi) is 4.04. The third kappa shape index (κ3) is 3.15. The van der Waals surface area contributed by atoms with Crippen LogP contribution in [0.2, 0.25) is 0 Å². The minimum Gasteiger partial charge on any atom is -0.375 e. The van der Waals surface area contributed by atoms with Crippen LogP contribution in [0.3, 0.4) is 0 Å². The number of halogens is 1. The van der Waals surface area contributed by atoms with Crippen LogP contribution in [-0.4, -0.2) is 18.1 Å². The molecule has 2 aromatic rings. The van der Waals surface area contributed by atoms with Crippen LogP contribution in [0.25, 0.3) is 0 Å². The Hall–Kier alpha value is -2.10. The van der Waals surface area contributed by atoms with Crippen molar-refractivity contribution >= 4 is 11.4 Å². The number of para-hydroxylation sites is 2. The van der Waals surface area contributed by atoms with E-state index in [1.807, 2.05) is 13.0 Å². The van der Waals surface area contributed by atoms with Gasteiger partial charge in [0.1, 0.15) is 5.82 Å². The molecule has 1 aliphatic heterocycles. The smallest absolute Gasteiger partial charge is 0.141 e. The van der Waals surface area contributed by atoms with Gasteiger partial charge in [-0.15, -0.1) is 0 Å². The number of aromatic nitrogens is 1. The molecule has 1 atom stereocenters. The fourth-order valence-electron chi connectivity index (χ4n) is 2.78. The van der Waals surface area contributed by atoms with Crippen molar-refractivity contribution in [3.63, 3.8) is 0 Å². The van der Waals surface area contributed by atoms with Crippen molar-refractivity contribution in [1.29, 1.82) is 0 Å². The zero-order chi connectivity index (χ0) is 14.7. The first-order chi connectivity index (χ1) is 10.2. The second-order valence-electron chi connectivity index (χ2n) is 5.48. The molecule has 2 heterocycles. The van der Waals surface area contributed by atoms with Gasteiger partial charge in [-0.3, -0.25) is 4.98 Å². The third-order valence-electron chi connectivity index (χ3n) is 3.92. The van der Waals surface area contributed by atoms with Crippen LogP contribution in [0, 0.1) is 5.82 Å². The third-order valence-corrected chi connectivity index (χ3v) is 3.92. The lowest BCUT2D eigenvalue weighted by Crippen LogP contribution is -2.20. The number of nitrogens with one attached hydrogen (secondary N) is 1. The Morgan fingerprint density at radius 2 is 1.90 bits per heavy atom. The maximum Gasteiger partial charge on any atom is 0.141 e. The second kappa shape index (κ2) is 6.12. The van der Waals surface area contributed by atoms with Crippen molar-refractivity contribution in [2.24, 2.45) is 0 Å². The van der Waals surface area contributed by atoms with Gasteiger partial charge in [-0.1, -0.05) is 12.1 Å². The summed E-state index contributed by atoms with van der Waals surface area (Å²) in [4.78, 5) is 6.56. The van der Waals surface area contributed by atoms with Crippen LogP contribution >= 0.6 is 0 Å². The Labute approximate surface area is 124 Å². The predicted molar refractivity (Wildman–Crippen MR) is 84.1 cm³/mol. The molecule has 4 heteroatoms. The Morgan fingerprint density at radius 3 is 2.62 bits per heavy atom. The highest BCUT2D eigenvalue weighted by Crippen LogP contribution is 2.31. The van der Waals surface area contributed by atoms with Crippen molar-refractivity contribution in [2.75, 3.05) is 23.3 Å². The van der Waals surface area contributed by atoms with Crippen LogP contribution in [0.1, 0.15) is 31.5 Å². The Balaban J connectivity index is 1.79. The number of pyridine rings is 1. The minimum atomic E-state index is -0.302. The summed E-state index contributed by atoms with van der Waals surface area (Å²) < 4.78 is 13.0. The standard InChI is InChI=1S/C17H20FN3/c1-13(15-9-8-14(18)12-19-15)20-16-6-2-3-7-17(16)21-10-4-5-11-21/h2-3,6-9,12-13,20H,4-5,10-11H2,1H3. The summed E-state index contributed by atoms with van der Waals surface area (Å²) in [5.74, 6) is -0.302. The van der Waals surface area contributed by atoms with Gasteiger partial charge in [0.2, 0.25) is 0 Å². The Morgan fingerprint density at radius 1 is 1.14 bits per heavy atom. The summed E-state index contributed by atoms with van der Waals surface area (Å²) in [5, 5.41) is 3.50. The van der Waals surface area contributed by atoms with Gasteiger partial charge >= 0.3 is 0 Å². The summed E-state index contributed by atoms with van der Waals surface area (Å²) in [6.07, 6.45) is 3.77. The SMILES string of the molecule is CC(Nc1ccccc1N1CCCC1)c1ccc(F)cn1. The lowest BCUT2D eigenvalue weighted by Gasteiger charge is -2.24. The van der Waals surface area contributed by atoms with E-state index in [0.717, 1.165) is 24.5 Å². The van der Waals surface area contributed by atoms with Crippen molar-refractivity contribution in [2.45, 2.75) is 25.8 Å². The van der Waals surface area contributed by atoms with Crippen molar-refractivity contribution in [3.8, 4) is 0 Å². The molecule has 1 aliphatic rings. The van der Waals surface area contributed by atoms with E-state index in [1.165, 1.54) is 30.8 Å². The molecule has 0 radical (unpaired) electrons. The molecule has 0 bridgehead atoms. The highest BCUT2D eigenvalue weighted by Gasteiger charge is 2.16. The van der Waals surface area contributed by atoms with E-state index in [-0.39, 0.29) is 11.9 Å². The fraction of sp³-hybridized carbons (Fsp3) is 0.353. The molecule has 3 rings (SSSR count). The van der Waals surface area contributed by atoms with Crippen LogP contribution in [0.15, 0.2) is 42.6 Å². The summed E-state index contributed by atoms with van der Waals surface area (Å²) in [5.41, 5.74) is 3.19. The number of anilines is 2. The number of benzene rings is 1. The molecule has 1 N–H and O–H groups in total. The van der Waals surface area contributed by atoms with E-state index >= 15 is 0 Å². The van der Waals surface area contributed by atoms with Crippen LogP contribution < -0.4 is 10.2 Å². The summed E-state index contributed by atoms with van der Waals surface area (Å²) in [6.45, 7) is 4.27. The van der Waals surface area contributed by atoms with Crippen molar-refractivity contribution < 1.29 is 4.39 Å². The monoisotopic (exact) mass is 285 g/mol. The van der Waals surface area contributed by atoms with Gasteiger partial charge in [-0.2, -0.15) is 0 Å². The van der Waals surface area contributed by atoms with Crippen LogP contribution in [0.4, 0.5) is 15.8 Å². The number of rotatable bonds is 4. The molecule has 3 nitrogen and oxygen atoms in total. The minimum absolute atomic E-state index is 0.0364. The molecule has 1 aromatic heterocycles. The van der Waals surface area contributed by atoms with Gasteiger partial charge in [-0.05, 0) is 44.0 Å². The molecule has 1 fully saturated rings. The zero-order valence-corrected chi connectivity index (χ0v) is 12.2. The topological polar surface area (TPSA) is 28.2 Å². The fourth-order valence-corrected chi connectivity index (χ4v) is 2.78. The predicted octanol–water partition coefficient (Wildman–Crippen LogP) is 3.99. The molecule has 0 saturated carbocycles. The van der Waals surface area contributed by atoms with Gasteiger partial charge in [0, 0.05) is 13.1 Å². The van der Waals surface area contributed by atoms with E-state index < -0.39 is 0 Å². The van der Waals surface area contributed by atoms with Gasteiger partial charge in [0.05, 0.1) is 29.3 Å². The van der Waals surface area contributed by atoms with E-state index in [2.05, 4.69) is 33.4 Å². The normalized spacial score (nSPS) is 16.0. The molecule has 0 aliphatic carbocycles. The number of hydrogen-bond acceptors (Lipinski definition) is 3. The quantitative estimate of drug-likeness (QED) is 0.920. The first kappa shape index (κ1) is 13.9. The summed E-state index contributed by atoms with van der Waals surface area (Å²) >= 11 is 0. The molecule has 21 heavy (non-hydrogen) atoms. The van der Waals surface area contributed by atoms with E-state index in [0.29, 0.717) is 0 Å². The molecular formula is C17H20FN3. The Bertz CT molecular complexity index is 591. The van der Waals surface area contributed by atoms with E-state index in [1.54, 1.807) is 6.07 Å². The number of nitrogens with zero attached hydrogens (tertiary/aromatic N) is 2. The van der Waals surface area contributed by atoms with E-state index in [9.17, 15) is 4.39 Å². The van der Waals surface area contributed by atoms with E-state index in [4.69, 9.17) is 0 Å². The lowest BCUT2D eigenvalue weighted by atomic mass is 10.1. The highest BCUT2D eigenvalue weighted by atomic mass is 19.1. The van der Waals surface area contributed by atoms with Crippen LogP contribution in [0.5, 0.6) is 0 Å². The largest absolute Gasteiger partial charge is 0.375 e. The molecule has 1 saturated heterocycles. The average Bonchev–Trinajstić information content (AvgIpc) is 3.02.